The minimum Gasteiger partial charge on any atom is -0.481 e. The number of Topliss-reactive ketones (excluding diaryl/α,β-unsaturated/α-hetero) is 4. The molecule has 6 aliphatic carbocycles. The van der Waals surface area contributed by atoms with Crippen molar-refractivity contribution >= 4 is 90.6 Å². The zero-order chi connectivity index (χ0) is 47.5. The molecule has 2 unspecified atom stereocenters. The van der Waals surface area contributed by atoms with Crippen molar-refractivity contribution in [2.24, 2.45) is 11.8 Å². The van der Waals surface area contributed by atoms with E-state index >= 15 is 0 Å². The number of ketones is 4. The molecule has 6 aromatic rings. The smallest absolute Gasteiger partial charge is 0.197 e. The van der Waals surface area contributed by atoms with Gasteiger partial charge in [0.25, 0.3) is 0 Å². The van der Waals surface area contributed by atoms with Crippen LogP contribution in [0.1, 0.15) is 125 Å². The lowest BCUT2D eigenvalue weighted by Gasteiger charge is -2.48. The Morgan fingerprint density at radius 3 is 1.10 bits per heavy atom. The molecule has 346 valence electrons. The van der Waals surface area contributed by atoms with Crippen molar-refractivity contribution in [1.29, 1.82) is 0 Å². The highest BCUT2D eigenvalue weighted by atomic mass is 32.1. The van der Waals surface area contributed by atoms with Gasteiger partial charge in [-0.2, -0.15) is 0 Å². The van der Waals surface area contributed by atoms with Crippen LogP contribution in [0.2, 0.25) is 0 Å². The number of hydrogen-bond acceptors (Lipinski definition) is 8. The van der Waals surface area contributed by atoms with Gasteiger partial charge in [-0.3, -0.25) is 19.2 Å². The van der Waals surface area contributed by atoms with Crippen LogP contribution in [0.25, 0.3) is 44.8 Å². The van der Waals surface area contributed by atoms with E-state index in [1.807, 2.05) is 12.1 Å². The number of allylic oxidation sites excluding steroid dienone is 6. The van der Waals surface area contributed by atoms with Crippen molar-refractivity contribution in [3.8, 4) is 11.5 Å². The first-order valence-corrected chi connectivity index (χ1v) is 25.5. The van der Waals surface area contributed by atoms with Gasteiger partial charge in [0.05, 0.1) is 20.9 Å². The van der Waals surface area contributed by atoms with E-state index in [0.29, 0.717) is 31.3 Å². The lowest BCUT2D eigenvalue weighted by Crippen LogP contribution is -2.45. The highest BCUT2D eigenvalue weighted by Crippen LogP contribution is 2.60. The van der Waals surface area contributed by atoms with E-state index in [0.717, 1.165) is 132 Å². The third-order valence-corrected chi connectivity index (χ3v) is 18.1. The average Bonchev–Trinajstić information content (AvgIpc) is 4.07. The van der Waals surface area contributed by atoms with Crippen LogP contribution in [0, 0.1) is 35.1 Å². The highest BCUT2D eigenvalue weighted by Gasteiger charge is 2.50. The normalized spacial score (nSPS) is 22.3. The second-order valence-corrected chi connectivity index (χ2v) is 22.1. The molecule has 0 bridgehead atoms. The van der Waals surface area contributed by atoms with Crippen molar-refractivity contribution in [1.82, 2.24) is 0 Å². The Labute approximate surface area is 406 Å². The first-order chi connectivity index (χ1) is 33.8. The van der Waals surface area contributed by atoms with Gasteiger partial charge in [-0.1, -0.05) is 37.1 Å². The number of carbonyl (C=O) groups excluding carboxylic acids is 4. The Morgan fingerprint density at radius 1 is 0.443 bits per heavy atom. The van der Waals surface area contributed by atoms with Gasteiger partial charge in [0.15, 0.2) is 46.4 Å². The molecule has 12 heteroatoms. The molecule has 70 heavy (non-hydrogen) atoms. The van der Waals surface area contributed by atoms with Crippen molar-refractivity contribution in [3.63, 3.8) is 0 Å². The zero-order valence-corrected chi connectivity index (χ0v) is 38.9. The van der Waals surface area contributed by atoms with E-state index in [-0.39, 0.29) is 45.2 Å². The highest BCUT2D eigenvalue weighted by molar-refractivity contribution is 7.15. The van der Waals surface area contributed by atoms with E-state index in [2.05, 4.69) is 24.3 Å². The van der Waals surface area contributed by atoms with Gasteiger partial charge < -0.3 is 9.47 Å². The van der Waals surface area contributed by atoms with Crippen molar-refractivity contribution in [3.05, 3.63) is 172 Å². The Kier molecular flexibility index (Phi) is 8.96. The maximum atomic E-state index is 14.2. The second kappa shape index (κ2) is 14.9. The van der Waals surface area contributed by atoms with Crippen LogP contribution in [0.3, 0.4) is 0 Å². The Balaban J connectivity index is 0.838. The van der Waals surface area contributed by atoms with Gasteiger partial charge in [-0.25, -0.2) is 17.6 Å². The van der Waals surface area contributed by atoms with Gasteiger partial charge in [0, 0.05) is 55.0 Å². The molecule has 2 atom stereocenters. The number of benzene rings is 4. The number of carbonyl (C=O) groups is 4. The zero-order valence-electron chi connectivity index (χ0n) is 37.2. The topological polar surface area (TPSA) is 86.7 Å². The lowest BCUT2D eigenvalue weighted by atomic mass is 9.65. The monoisotopic (exact) mass is 970 g/mol. The summed E-state index contributed by atoms with van der Waals surface area (Å²) in [6.45, 7) is 0. The summed E-state index contributed by atoms with van der Waals surface area (Å²) in [7, 11) is 0. The molecule has 2 fully saturated rings. The molecule has 0 saturated heterocycles. The molecule has 8 aliphatic rings. The maximum Gasteiger partial charge on any atom is 0.197 e. The molecule has 6 nitrogen and oxygen atoms in total. The number of fused-ring (bicyclic) bond motifs is 13. The van der Waals surface area contributed by atoms with Crippen molar-refractivity contribution in [2.45, 2.75) is 75.4 Å². The summed E-state index contributed by atoms with van der Waals surface area (Å²) in [6.07, 6.45) is 22.4. The fraction of sp³-hybridized carbons (Fsp3) is 0.241. The van der Waals surface area contributed by atoms with E-state index in [9.17, 15) is 36.7 Å². The molecule has 4 heterocycles. The number of thiophene rings is 2. The SMILES string of the molecule is O=C1C(=Cc2cc3c(s2)C2=CC4C=C5C(=CC4C=C2C2(CCCCC2)O3)c2sc(C=C3C(=O)c4cc6cc(F)c(F)cc6cc4C3=O)cc2OC52CCCCC2)C(=O)c2cc3cc(F)c(F)cc3cc21. The van der Waals surface area contributed by atoms with Crippen LogP contribution in [-0.2, 0) is 0 Å². The third-order valence-electron chi connectivity index (χ3n) is 15.9. The maximum absolute atomic E-state index is 14.2. The molecule has 2 aliphatic heterocycles. The van der Waals surface area contributed by atoms with Crippen LogP contribution in [0.4, 0.5) is 17.6 Å². The van der Waals surface area contributed by atoms with Crippen LogP contribution >= 0.6 is 22.7 Å². The van der Waals surface area contributed by atoms with E-state index in [4.69, 9.17) is 9.47 Å². The molecule has 0 radical (unpaired) electrons. The standard InChI is InChI=1S/C58H38F4O6S2/c59-45-19-29-11-35-36(12-30(29)20-46(45)60)52(64)41(51(35)63)23-33-25-49-55(69-33)39-15-28-18-44-40(16-27(28)17-43(39)57(67-49)7-3-1-4-8-57)56-50(68-58(44)9-5-2-6-10-58)26-34(70-56)24-42-53(65)37-13-31-21-47(61)48(62)22-32(31)14-38(37)54(42)66/h11-28H,1-10H2. The van der Waals surface area contributed by atoms with Crippen LogP contribution in [-0.4, -0.2) is 34.3 Å². The Morgan fingerprint density at radius 2 is 0.771 bits per heavy atom. The predicted octanol–water partition coefficient (Wildman–Crippen LogP) is 14.4. The average molecular weight is 971 g/mol. The van der Waals surface area contributed by atoms with Gasteiger partial charge in [0.1, 0.15) is 22.7 Å². The van der Waals surface area contributed by atoms with Gasteiger partial charge in [-0.05, 0) is 157 Å². The Bertz CT molecular complexity index is 3350. The van der Waals surface area contributed by atoms with Crippen molar-refractivity contribution < 1.29 is 46.2 Å². The molecule has 2 aromatic heterocycles. The number of hydrogen-bond donors (Lipinski definition) is 0. The first kappa shape index (κ1) is 42.1. The summed E-state index contributed by atoms with van der Waals surface area (Å²) < 4.78 is 70.9. The first-order valence-electron chi connectivity index (χ1n) is 23.9. The van der Waals surface area contributed by atoms with E-state index < -0.39 is 57.6 Å². The predicted molar refractivity (Wildman–Crippen MR) is 262 cm³/mol. The van der Waals surface area contributed by atoms with Crippen molar-refractivity contribution in [2.75, 3.05) is 0 Å². The fourth-order valence-electron chi connectivity index (χ4n) is 12.5. The molecule has 2 spiro atoms. The van der Waals surface area contributed by atoms with Gasteiger partial charge in [0.2, 0.25) is 0 Å². The number of halogens is 4. The summed E-state index contributed by atoms with van der Waals surface area (Å²) in [5.41, 5.74) is 4.05. The molecule has 0 N–H and O–H groups in total. The molecule has 14 rings (SSSR count). The van der Waals surface area contributed by atoms with Gasteiger partial charge in [-0.15, -0.1) is 22.7 Å². The molecule has 4 aromatic carbocycles. The van der Waals surface area contributed by atoms with E-state index in [1.165, 1.54) is 46.9 Å². The molecule has 0 amide bonds. The fourth-order valence-corrected chi connectivity index (χ4v) is 14.6. The molecular weight excluding hydrogens is 933 g/mol. The Hall–Kier alpha value is -6.76. The van der Waals surface area contributed by atoms with Crippen LogP contribution < -0.4 is 9.47 Å². The van der Waals surface area contributed by atoms with E-state index in [1.54, 1.807) is 12.2 Å². The lowest BCUT2D eigenvalue weighted by molar-refractivity contribution is 0.0636. The number of ether oxygens (including phenoxy) is 2. The summed E-state index contributed by atoms with van der Waals surface area (Å²) in [5.74, 6) is -4.52. The van der Waals surface area contributed by atoms with Crippen LogP contribution in [0.15, 0.2) is 107 Å². The summed E-state index contributed by atoms with van der Waals surface area (Å²) in [6, 6.07) is 13.9. The minimum atomic E-state index is -1.03. The minimum absolute atomic E-state index is 0.00132. The largest absolute Gasteiger partial charge is 0.481 e. The summed E-state index contributed by atoms with van der Waals surface area (Å²) in [4.78, 5) is 58.6. The van der Waals surface area contributed by atoms with Crippen LogP contribution in [0.5, 0.6) is 11.5 Å². The van der Waals surface area contributed by atoms with Gasteiger partial charge >= 0.3 is 0 Å². The summed E-state index contributed by atoms with van der Waals surface area (Å²) in [5, 5.41) is 1.35. The summed E-state index contributed by atoms with van der Waals surface area (Å²) >= 11 is 2.95. The second-order valence-electron chi connectivity index (χ2n) is 19.9. The molecule has 2 saturated carbocycles. The quantitative estimate of drug-likeness (QED) is 0.0976. The number of rotatable bonds is 2. The molecular formula is C58H38F4O6S2. The third kappa shape index (κ3) is 6.08.